The summed E-state index contributed by atoms with van der Waals surface area (Å²) >= 11 is 0. The van der Waals surface area contributed by atoms with Crippen molar-refractivity contribution < 1.29 is 24.1 Å². The third-order valence-corrected chi connectivity index (χ3v) is 4.76. The van der Waals surface area contributed by atoms with Gasteiger partial charge in [-0.15, -0.1) is 0 Å². The lowest BCUT2D eigenvalue weighted by molar-refractivity contribution is -0.277. The van der Waals surface area contributed by atoms with Crippen LogP contribution in [0.15, 0.2) is 60.7 Å². The van der Waals surface area contributed by atoms with Crippen LogP contribution in [0.3, 0.4) is 0 Å². The molecule has 6 nitrogen and oxygen atoms in total. The Morgan fingerprint density at radius 1 is 0.964 bits per heavy atom. The molecule has 0 unspecified atom stereocenters. The molecular formula is C22H27NO5. The first-order valence-corrected chi connectivity index (χ1v) is 9.46. The van der Waals surface area contributed by atoms with Crippen LogP contribution in [-0.2, 0) is 32.2 Å². The Bertz CT molecular complexity index is 739. The second-order valence-corrected chi connectivity index (χ2v) is 6.98. The maximum Gasteiger partial charge on any atom is 0.217 e. The van der Waals surface area contributed by atoms with E-state index in [9.17, 15) is 9.90 Å². The smallest absolute Gasteiger partial charge is 0.217 e. The molecule has 2 aromatic carbocycles. The molecule has 0 spiro atoms. The number of aliphatic hydroxyl groups excluding tert-OH is 1. The van der Waals surface area contributed by atoms with E-state index in [1.54, 1.807) is 6.92 Å². The van der Waals surface area contributed by atoms with E-state index in [1.807, 2.05) is 60.7 Å². The number of hydrogen-bond donors (Lipinski definition) is 2. The highest BCUT2D eigenvalue weighted by Gasteiger charge is 2.45. The summed E-state index contributed by atoms with van der Waals surface area (Å²) in [6.07, 6.45) is -2.87. The third kappa shape index (κ3) is 5.39. The van der Waals surface area contributed by atoms with Crippen LogP contribution in [0.4, 0.5) is 0 Å². The van der Waals surface area contributed by atoms with E-state index in [0.29, 0.717) is 13.2 Å². The van der Waals surface area contributed by atoms with Gasteiger partial charge < -0.3 is 24.6 Å². The van der Waals surface area contributed by atoms with E-state index in [0.717, 1.165) is 11.1 Å². The van der Waals surface area contributed by atoms with Crippen molar-refractivity contribution in [2.45, 2.75) is 57.7 Å². The second-order valence-electron chi connectivity index (χ2n) is 6.98. The Labute approximate surface area is 165 Å². The number of benzene rings is 2. The predicted molar refractivity (Wildman–Crippen MR) is 104 cm³/mol. The molecule has 6 heteroatoms. The van der Waals surface area contributed by atoms with Gasteiger partial charge in [-0.05, 0) is 18.1 Å². The van der Waals surface area contributed by atoms with Crippen molar-refractivity contribution in [3.8, 4) is 0 Å². The monoisotopic (exact) mass is 385 g/mol. The zero-order valence-corrected chi connectivity index (χ0v) is 16.2. The van der Waals surface area contributed by atoms with Crippen molar-refractivity contribution in [2.75, 3.05) is 0 Å². The summed E-state index contributed by atoms with van der Waals surface area (Å²) in [5.41, 5.74) is 1.98. The molecule has 0 radical (unpaired) electrons. The molecule has 2 aromatic rings. The Kier molecular flexibility index (Phi) is 7.17. The van der Waals surface area contributed by atoms with Crippen molar-refractivity contribution >= 4 is 5.91 Å². The molecule has 1 aliphatic heterocycles. The summed E-state index contributed by atoms with van der Waals surface area (Å²) < 4.78 is 17.8. The van der Waals surface area contributed by atoms with Gasteiger partial charge in [-0.25, -0.2) is 0 Å². The minimum absolute atomic E-state index is 0.188. The number of carbonyl (C=O) groups is 1. The normalized spacial score (nSPS) is 27.3. The SMILES string of the molecule is CC(=O)N[C@@H]1[C@H](OCc2ccccc2)[C@H](OCc2ccccc2)[C@H](O)O[C@H]1C. The van der Waals surface area contributed by atoms with Gasteiger partial charge in [0, 0.05) is 6.92 Å². The molecule has 3 rings (SSSR count). The highest BCUT2D eigenvalue weighted by molar-refractivity contribution is 5.73. The molecule has 0 aromatic heterocycles. The number of amides is 1. The minimum atomic E-state index is -1.15. The summed E-state index contributed by atoms with van der Waals surface area (Å²) in [6.45, 7) is 3.90. The molecule has 1 amide bonds. The Hall–Kier alpha value is -2.25. The van der Waals surface area contributed by atoms with E-state index in [1.165, 1.54) is 6.92 Å². The van der Waals surface area contributed by atoms with Gasteiger partial charge in [0.2, 0.25) is 5.91 Å². The summed E-state index contributed by atoms with van der Waals surface area (Å²) in [7, 11) is 0. The molecule has 1 saturated heterocycles. The largest absolute Gasteiger partial charge is 0.368 e. The average molecular weight is 385 g/mol. The molecule has 1 fully saturated rings. The highest BCUT2D eigenvalue weighted by Crippen LogP contribution is 2.26. The van der Waals surface area contributed by atoms with Crippen LogP contribution in [0, 0.1) is 0 Å². The summed E-state index contributed by atoms with van der Waals surface area (Å²) in [5, 5.41) is 13.4. The van der Waals surface area contributed by atoms with Crippen molar-refractivity contribution in [3.05, 3.63) is 71.8 Å². The molecule has 1 aliphatic rings. The van der Waals surface area contributed by atoms with E-state index >= 15 is 0 Å². The predicted octanol–water partition coefficient (Wildman–Crippen LogP) is 2.40. The van der Waals surface area contributed by atoms with Crippen molar-refractivity contribution in [3.63, 3.8) is 0 Å². The molecule has 0 bridgehead atoms. The van der Waals surface area contributed by atoms with Crippen LogP contribution in [0.1, 0.15) is 25.0 Å². The lowest BCUT2D eigenvalue weighted by Crippen LogP contribution is -2.63. The first-order chi connectivity index (χ1) is 13.5. The van der Waals surface area contributed by atoms with Gasteiger partial charge in [0.15, 0.2) is 6.29 Å². The van der Waals surface area contributed by atoms with Crippen molar-refractivity contribution in [1.29, 1.82) is 0 Å². The van der Waals surface area contributed by atoms with Gasteiger partial charge in [-0.2, -0.15) is 0 Å². The molecule has 1 heterocycles. The maximum atomic E-state index is 11.7. The number of carbonyl (C=O) groups excluding carboxylic acids is 1. The van der Waals surface area contributed by atoms with Crippen LogP contribution in [0.2, 0.25) is 0 Å². The van der Waals surface area contributed by atoms with Crippen LogP contribution in [-0.4, -0.2) is 41.7 Å². The number of aliphatic hydroxyl groups is 1. The molecule has 0 saturated carbocycles. The van der Waals surface area contributed by atoms with Gasteiger partial charge in [0.1, 0.15) is 12.2 Å². The fourth-order valence-electron chi connectivity index (χ4n) is 3.36. The van der Waals surface area contributed by atoms with E-state index in [2.05, 4.69) is 5.32 Å². The summed E-state index contributed by atoms with van der Waals surface area (Å²) in [4.78, 5) is 11.7. The Morgan fingerprint density at radius 3 is 1.96 bits per heavy atom. The number of hydrogen-bond acceptors (Lipinski definition) is 5. The molecule has 2 N–H and O–H groups in total. The topological polar surface area (TPSA) is 77.0 Å². The van der Waals surface area contributed by atoms with E-state index in [4.69, 9.17) is 14.2 Å². The van der Waals surface area contributed by atoms with Crippen LogP contribution < -0.4 is 5.32 Å². The number of ether oxygens (including phenoxy) is 3. The van der Waals surface area contributed by atoms with E-state index < -0.39 is 30.6 Å². The van der Waals surface area contributed by atoms with Crippen LogP contribution >= 0.6 is 0 Å². The zero-order valence-electron chi connectivity index (χ0n) is 16.2. The summed E-state index contributed by atoms with van der Waals surface area (Å²) in [5.74, 6) is -0.188. The standard InChI is InChI=1S/C22H27NO5/c1-15-19(23-16(2)24)20(26-13-17-9-5-3-6-10-17)21(22(25)28-15)27-14-18-11-7-4-8-12-18/h3-12,15,19-22,25H,13-14H2,1-2H3,(H,23,24)/t15-,19-,20-,21-,22+/m0/s1. The second kappa shape index (κ2) is 9.80. The third-order valence-electron chi connectivity index (χ3n) is 4.76. The summed E-state index contributed by atoms with van der Waals surface area (Å²) in [6, 6.07) is 19.0. The molecule has 150 valence electrons. The van der Waals surface area contributed by atoms with Crippen LogP contribution in [0.5, 0.6) is 0 Å². The van der Waals surface area contributed by atoms with E-state index in [-0.39, 0.29) is 5.91 Å². The lowest BCUT2D eigenvalue weighted by atomic mass is 9.96. The first-order valence-electron chi connectivity index (χ1n) is 9.46. The highest BCUT2D eigenvalue weighted by atomic mass is 16.7. The van der Waals surface area contributed by atoms with Crippen molar-refractivity contribution in [1.82, 2.24) is 5.32 Å². The fraction of sp³-hybridized carbons (Fsp3) is 0.409. The van der Waals surface area contributed by atoms with Crippen molar-refractivity contribution in [2.24, 2.45) is 0 Å². The quantitative estimate of drug-likeness (QED) is 0.765. The zero-order chi connectivity index (χ0) is 19.9. The maximum absolute atomic E-state index is 11.7. The molecular weight excluding hydrogens is 358 g/mol. The van der Waals surface area contributed by atoms with Crippen LogP contribution in [0.25, 0.3) is 0 Å². The number of nitrogens with one attached hydrogen (secondary N) is 1. The Balaban J connectivity index is 1.76. The molecule has 28 heavy (non-hydrogen) atoms. The van der Waals surface area contributed by atoms with Gasteiger partial charge in [-0.3, -0.25) is 4.79 Å². The van der Waals surface area contributed by atoms with Gasteiger partial charge >= 0.3 is 0 Å². The molecule has 0 aliphatic carbocycles. The fourth-order valence-corrected chi connectivity index (χ4v) is 3.36. The Morgan fingerprint density at radius 2 is 1.46 bits per heavy atom. The first kappa shape index (κ1) is 20.5. The average Bonchev–Trinajstić information content (AvgIpc) is 2.69. The lowest BCUT2D eigenvalue weighted by Gasteiger charge is -2.44. The minimum Gasteiger partial charge on any atom is -0.368 e. The number of rotatable bonds is 7. The molecule has 5 atom stereocenters. The van der Waals surface area contributed by atoms with Gasteiger partial charge in [-0.1, -0.05) is 60.7 Å². The van der Waals surface area contributed by atoms with Gasteiger partial charge in [0.05, 0.1) is 25.4 Å². The van der Waals surface area contributed by atoms with Gasteiger partial charge in [0.25, 0.3) is 0 Å².